The van der Waals surface area contributed by atoms with Crippen LogP contribution in [0, 0.1) is 6.92 Å². The molecule has 0 fully saturated rings. The first-order valence-electron chi connectivity index (χ1n) is 5.94. The van der Waals surface area contributed by atoms with Gasteiger partial charge in [-0.15, -0.1) is 0 Å². The minimum absolute atomic E-state index is 0.0913. The molecule has 1 heterocycles. The molecule has 0 aromatic carbocycles. The largest absolute Gasteiger partial charge is 0.454 e. The van der Waals surface area contributed by atoms with Crippen molar-refractivity contribution in [1.29, 1.82) is 0 Å². The van der Waals surface area contributed by atoms with Gasteiger partial charge in [0.25, 0.3) is 0 Å². The number of aliphatic hydroxyl groups excluding tert-OH is 1. The highest BCUT2D eigenvalue weighted by atomic mass is 16.4. The molecule has 1 aromatic heterocycles. The van der Waals surface area contributed by atoms with E-state index in [1.165, 1.54) is 0 Å². The number of aryl methyl sites for hydroxylation is 1. The molecule has 0 spiro atoms. The van der Waals surface area contributed by atoms with Crippen molar-refractivity contribution >= 4 is 5.91 Å². The minimum Gasteiger partial charge on any atom is -0.454 e. The number of hydrazine groups is 1. The summed E-state index contributed by atoms with van der Waals surface area (Å²) >= 11 is 0. The number of hydrogen-bond donors (Lipinski definition) is 3. The number of furan rings is 1. The van der Waals surface area contributed by atoms with E-state index in [2.05, 4.69) is 10.3 Å². The number of nitrogen functional groups attached to an aromatic ring is 1. The Morgan fingerprint density at radius 2 is 2.28 bits per heavy atom. The molecule has 0 radical (unpaired) electrons. The molecular formula is C12H21N3O3. The molecule has 0 bridgehead atoms. The van der Waals surface area contributed by atoms with Crippen LogP contribution in [0.3, 0.4) is 0 Å². The Morgan fingerprint density at radius 3 is 2.78 bits per heavy atom. The lowest BCUT2D eigenvalue weighted by molar-refractivity contribution is 0.0918. The van der Waals surface area contributed by atoms with E-state index in [4.69, 9.17) is 15.4 Å². The van der Waals surface area contributed by atoms with Gasteiger partial charge in [0.15, 0.2) is 5.76 Å². The highest BCUT2D eigenvalue weighted by Gasteiger charge is 2.17. The van der Waals surface area contributed by atoms with Crippen LogP contribution in [0.1, 0.15) is 35.7 Å². The fourth-order valence-electron chi connectivity index (χ4n) is 1.77. The first-order chi connectivity index (χ1) is 8.49. The quantitative estimate of drug-likeness (QED) is 0.388. The van der Waals surface area contributed by atoms with Crippen molar-refractivity contribution < 1.29 is 14.3 Å². The lowest BCUT2D eigenvalue weighted by atomic mass is 10.2. The van der Waals surface area contributed by atoms with Crippen molar-refractivity contribution in [2.75, 3.05) is 13.2 Å². The molecule has 0 aliphatic rings. The molecular weight excluding hydrogens is 234 g/mol. The third kappa shape index (κ3) is 3.56. The molecule has 102 valence electrons. The molecule has 6 nitrogen and oxygen atoms in total. The SMILES string of the molecule is Cc1cc(CN(CCO)C(C)C)oc1C(=O)NN. The van der Waals surface area contributed by atoms with E-state index in [9.17, 15) is 4.79 Å². The third-order valence-electron chi connectivity index (χ3n) is 2.78. The van der Waals surface area contributed by atoms with Crippen LogP contribution in [0.15, 0.2) is 10.5 Å². The van der Waals surface area contributed by atoms with Gasteiger partial charge in [-0.05, 0) is 26.8 Å². The summed E-state index contributed by atoms with van der Waals surface area (Å²) in [5.41, 5.74) is 2.80. The molecule has 1 aromatic rings. The van der Waals surface area contributed by atoms with Gasteiger partial charge in [-0.1, -0.05) is 0 Å². The summed E-state index contributed by atoms with van der Waals surface area (Å²) in [6.45, 7) is 7.09. The van der Waals surface area contributed by atoms with E-state index >= 15 is 0 Å². The average molecular weight is 255 g/mol. The molecule has 0 saturated heterocycles. The highest BCUT2D eigenvalue weighted by Crippen LogP contribution is 2.17. The molecule has 6 heteroatoms. The Hall–Kier alpha value is -1.37. The zero-order chi connectivity index (χ0) is 13.7. The molecule has 0 atom stereocenters. The lowest BCUT2D eigenvalue weighted by Gasteiger charge is -2.24. The van der Waals surface area contributed by atoms with Gasteiger partial charge in [0.05, 0.1) is 13.2 Å². The van der Waals surface area contributed by atoms with Crippen LogP contribution < -0.4 is 11.3 Å². The molecule has 18 heavy (non-hydrogen) atoms. The summed E-state index contributed by atoms with van der Waals surface area (Å²) in [4.78, 5) is 13.5. The predicted molar refractivity (Wildman–Crippen MR) is 67.7 cm³/mol. The van der Waals surface area contributed by atoms with E-state index in [0.717, 1.165) is 5.56 Å². The van der Waals surface area contributed by atoms with Crippen molar-refractivity contribution in [2.45, 2.75) is 33.4 Å². The topological polar surface area (TPSA) is 91.7 Å². The lowest BCUT2D eigenvalue weighted by Crippen LogP contribution is -2.32. The maximum absolute atomic E-state index is 11.4. The van der Waals surface area contributed by atoms with Crippen LogP contribution in [0.4, 0.5) is 0 Å². The van der Waals surface area contributed by atoms with Crippen molar-refractivity contribution in [3.63, 3.8) is 0 Å². The smallest absolute Gasteiger partial charge is 0.301 e. The van der Waals surface area contributed by atoms with E-state index in [1.807, 2.05) is 19.9 Å². The highest BCUT2D eigenvalue weighted by molar-refractivity contribution is 5.92. The molecule has 0 unspecified atom stereocenters. The van der Waals surface area contributed by atoms with E-state index < -0.39 is 5.91 Å². The number of rotatable bonds is 6. The van der Waals surface area contributed by atoms with Crippen molar-refractivity contribution in [3.8, 4) is 0 Å². The molecule has 0 aliphatic heterocycles. The van der Waals surface area contributed by atoms with Gasteiger partial charge < -0.3 is 9.52 Å². The van der Waals surface area contributed by atoms with Crippen molar-refractivity contribution in [1.82, 2.24) is 10.3 Å². The summed E-state index contributed by atoms with van der Waals surface area (Å²) in [5.74, 6) is 5.57. The van der Waals surface area contributed by atoms with E-state index in [0.29, 0.717) is 18.8 Å². The summed E-state index contributed by atoms with van der Waals surface area (Å²) in [7, 11) is 0. The number of amides is 1. The Bertz CT molecular complexity index is 401. The molecule has 1 rings (SSSR count). The van der Waals surface area contributed by atoms with Gasteiger partial charge in [-0.25, -0.2) is 5.84 Å². The maximum Gasteiger partial charge on any atom is 0.301 e. The number of hydrogen-bond acceptors (Lipinski definition) is 5. The van der Waals surface area contributed by atoms with Gasteiger partial charge in [-0.3, -0.25) is 15.1 Å². The van der Waals surface area contributed by atoms with Crippen LogP contribution in [0.2, 0.25) is 0 Å². The second-order valence-electron chi connectivity index (χ2n) is 4.49. The van der Waals surface area contributed by atoms with Crippen molar-refractivity contribution in [2.24, 2.45) is 5.84 Å². The van der Waals surface area contributed by atoms with E-state index in [1.54, 1.807) is 6.92 Å². The van der Waals surface area contributed by atoms with Crippen molar-refractivity contribution in [3.05, 3.63) is 23.2 Å². The van der Waals surface area contributed by atoms with Crippen LogP contribution in [-0.2, 0) is 6.54 Å². The number of carbonyl (C=O) groups excluding carboxylic acids is 1. The number of nitrogens with one attached hydrogen (secondary N) is 1. The number of nitrogens with two attached hydrogens (primary N) is 1. The van der Waals surface area contributed by atoms with Gasteiger partial charge in [0, 0.05) is 18.2 Å². The zero-order valence-electron chi connectivity index (χ0n) is 11.1. The third-order valence-corrected chi connectivity index (χ3v) is 2.78. The second kappa shape index (κ2) is 6.53. The van der Waals surface area contributed by atoms with Crippen LogP contribution >= 0.6 is 0 Å². The predicted octanol–water partition coefficient (Wildman–Crippen LogP) is 0.394. The number of aliphatic hydroxyl groups is 1. The summed E-state index contributed by atoms with van der Waals surface area (Å²) in [6, 6.07) is 2.10. The van der Waals surface area contributed by atoms with Gasteiger partial charge >= 0.3 is 5.91 Å². The van der Waals surface area contributed by atoms with Crippen LogP contribution in [0.25, 0.3) is 0 Å². The minimum atomic E-state index is -0.433. The summed E-state index contributed by atoms with van der Waals surface area (Å²) in [6.07, 6.45) is 0. The average Bonchev–Trinajstić information content (AvgIpc) is 2.68. The number of nitrogens with zero attached hydrogens (tertiary/aromatic N) is 1. The normalized spacial score (nSPS) is 11.3. The molecule has 0 saturated carbocycles. The fraction of sp³-hybridized carbons (Fsp3) is 0.583. The maximum atomic E-state index is 11.4. The Morgan fingerprint density at radius 1 is 1.61 bits per heavy atom. The number of carbonyl (C=O) groups is 1. The molecule has 1 amide bonds. The second-order valence-corrected chi connectivity index (χ2v) is 4.49. The van der Waals surface area contributed by atoms with Crippen LogP contribution in [0.5, 0.6) is 0 Å². The van der Waals surface area contributed by atoms with Gasteiger partial charge in [0.1, 0.15) is 5.76 Å². The monoisotopic (exact) mass is 255 g/mol. The van der Waals surface area contributed by atoms with Gasteiger partial charge in [-0.2, -0.15) is 0 Å². The molecule has 4 N–H and O–H groups in total. The summed E-state index contributed by atoms with van der Waals surface area (Å²) in [5, 5.41) is 9.00. The Kier molecular flexibility index (Phi) is 5.33. The van der Waals surface area contributed by atoms with Crippen LogP contribution in [-0.4, -0.2) is 35.1 Å². The zero-order valence-corrected chi connectivity index (χ0v) is 11.1. The molecule has 0 aliphatic carbocycles. The fourth-order valence-corrected chi connectivity index (χ4v) is 1.77. The standard InChI is InChI=1S/C12H21N3O3/c1-8(2)15(4-5-16)7-10-6-9(3)11(18-10)12(17)14-13/h6,8,16H,4-5,7,13H2,1-3H3,(H,14,17). The Labute approximate surface area is 107 Å². The van der Waals surface area contributed by atoms with E-state index in [-0.39, 0.29) is 18.4 Å². The van der Waals surface area contributed by atoms with Gasteiger partial charge in [0.2, 0.25) is 0 Å². The Balaban J connectivity index is 2.81. The first kappa shape index (κ1) is 14.7. The summed E-state index contributed by atoms with van der Waals surface area (Å²) < 4.78 is 5.48. The first-order valence-corrected chi connectivity index (χ1v) is 5.94.